The Labute approximate surface area is 146 Å². The van der Waals surface area contributed by atoms with Crippen molar-refractivity contribution in [1.82, 2.24) is 10.2 Å². The molecule has 2 saturated heterocycles. The van der Waals surface area contributed by atoms with Crippen LogP contribution in [0.25, 0.3) is 0 Å². The zero-order chi connectivity index (χ0) is 17.3. The van der Waals surface area contributed by atoms with Crippen LogP contribution in [0.3, 0.4) is 0 Å². The average Bonchev–Trinajstić information content (AvgIpc) is 2.96. The summed E-state index contributed by atoms with van der Waals surface area (Å²) in [5.74, 6) is 0.246. The van der Waals surface area contributed by atoms with Crippen molar-refractivity contribution < 1.29 is 14.3 Å². The molecule has 2 heterocycles. The summed E-state index contributed by atoms with van der Waals surface area (Å²) in [5.41, 5.74) is 0.624. The van der Waals surface area contributed by atoms with Gasteiger partial charge in [0, 0.05) is 43.7 Å². The number of hydrogen-bond acceptors (Lipinski definition) is 4. The van der Waals surface area contributed by atoms with Gasteiger partial charge in [0.25, 0.3) is 0 Å². The van der Waals surface area contributed by atoms with Crippen LogP contribution in [-0.4, -0.2) is 56.0 Å². The maximum Gasteiger partial charge on any atom is 0.228 e. The zero-order valence-corrected chi connectivity index (χ0v) is 14.7. The Bertz CT molecular complexity index is 652. The number of benzene rings is 1. The number of carbonyl (C=O) groups is 2. The number of carbonyl (C=O) groups excluding carboxylic acids is 2. The lowest BCUT2D eigenvalue weighted by molar-refractivity contribution is -0.138. The molecule has 2 aliphatic rings. The van der Waals surface area contributed by atoms with Gasteiger partial charge in [-0.05, 0) is 25.1 Å². The maximum atomic E-state index is 12.8. The first-order valence-corrected chi connectivity index (χ1v) is 8.54. The van der Waals surface area contributed by atoms with Crippen molar-refractivity contribution >= 4 is 29.1 Å². The van der Waals surface area contributed by atoms with Crippen molar-refractivity contribution in [2.24, 2.45) is 5.92 Å². The lowest BCUT2D eigenvalue weighted by atomic mass is 10.1. The number of nitrogens with one attached hydrogen (secondary N) is 1. The molecule has 7 heteroatoms. The molecule has 2 unspecified atom stereocenters. The van der Waals surface area contributed by atoms with Crippen LogP contribution in [0.15, 0.2) is 18.2 Å². The molecule has 0 aromatic heterocycles. The van der Waals surface area contributed by atoms with Crippen molar-refractivity contribution in [3.63, 3.8) is 0 Å². The predicted molar refractivity (Wildman–Crippen MR) is 92.5 cm³/mol. The van der Waals surface area contributed by atoms with E-state index in [2.05, 4.69) is 5.32 Å². The summed E-state index contributed by atoms with van der Waals surface area (Å²) >= 11 is 6.06. The van der Waals surface area contributed by atoms with Gasteiger partial charge in [-0.3, -0.25) is 9.59 Å². The molecule has 1 N–H and O–H groups in total. The normalized spacial score (nSPS) is 24.4. The third kappa shape index (κ3) is 3.21. The van der Waals surface area contributed by atoms with Gasteiger partial charge in [0.2, 0.25) is 11.8 Å². The lowest BCUT2D eigenvalue weighted by Gasteiger charge is -2.35. The highest BCUT2D eigenvalue weighted by molar-refractivity contribution is 6.31. The smallest absolute Gasteiger partial charge is 0.228 e. The van der Waals surface area contributed by atoms with E-state index in [1.54, 1.807) is 30.2 Å². The van der Waals surface area contributed by atoms with E-state index in [0.717, 1.165) is 13.1 Å². The number of ether oxygens (including phenoxy) is 1. The molecule has 0 radical (unpaired) electrons. The molecule has 0 bridgehead atoms. The van der Waals surface area contributed by atoms with Gasteiger partial charge in [0.1, 0.15) is 5.75 Å². The van der Waals surface area contributed by atoms with Gasteiger partial charge in [0.05, 0.1) is 18.7 Å². The Kier molecular flexibility index (Phi) is 4.96. The second kappa shape index (κ2) is 6.99. The molecule has 0 spiro atoms. The van der Waals surface area contributed by atoms with E-state index in [1.807, 2.05) is 11.8 Å². The third-order valence-corrected chi connectivity index (χ3v) is 4.93. The predicted octanol–water partition coefficient (Wildman–Crippen LogP) is 1.52. The minimum atomic E-state index is -0.318. The molecular formula is C17H22ClN3O3. The van der Waals surface area contributed by atoms with E-state index in [4.69, 9.17) is 16.3 Å². The standard InChI is InChI=1S/C17H22ClN3O3/c1-11-9-19-5-6-20(11)17(23)12-7-16(22)21(10-12)14-8-13(18)3-4-15(14)24-2/h3-4,8,11-12,19H,5-7,9-10H2,1-2H3. The number of rotatable bonds is 3. The first-order valence-electron chi connectivity index (χ1n) is 8.16. The molecule has 1 aromatic carbocycles. The van der Waals surface area contributed by atoms with Crippen LogP contribution in [-0.2, 0) is 9.59 Å². The van der Waals surface area contributed by atoms with Crippen molar-refractivity contribution in [2.45, 2.75) is 19.4 Å². The van der Waals surface area contributed by atoms with Gasteiger partial charge >= 0.3 is 0 Å². The molecular weight excluding hydrogens is 330 g/mol. The molecule has 2 aliphatic heterocycles. The van der Waals surface area contributed by atoms with Crippen molar-refractivity contribution in [1.29, 1.82) is 0 Å². The van der Waals surface area contributed by atoms with Crippen LogP contribution in [0, 0.1) is 5.92 Å². The van der Waals surface area contributed by atoms with Gasteiger partial charge in [-0.15, -0.1) is 0 Å². The van der Waals surface area contributed by atoms with Crippen LogP contribution in [0.5, 0.6) is 5.75 Å². The summed E-state index contributed by atoms with van der Waals surface area (Å²) in [7, 11) is 1.55. The molecule has 6 nitrogen and oxygen atoms in total. The number of amides is 2. The summed E-state index contributed by atoms with van der Waals surface area (Å²) in [6.45, 7) is 4.66. The van der Waals surface area contributed by atoms with Crippen molar-refractivity contribution in [3.8, 4) is 5.75 Å². The van der Waals surface area contributed by atoms with Crippen LogP contribution < -0.4 is 15.0 Å². The largest absolute Gasteiger partial charge is 0.495 e. The molecule has 24 heavy (non-hydrogen) atoms. The minimum Gasteiger partial charge on any atom is -0.495 e. The average molecular weight is 352 g/mol. The fourth-order valence-electron chi connectivity index (χ4n) is 3.38. The second-order valence-electron chi connectivity index (χ2n) is 6.31. The Morgan fingerprint density at radius 3 is 2.92 bits per heavy atom. The minimum absolute atomic E-state index is 0.0563. The highest BCUT2D eigenvalue weighted by Gasteiger charge is 2.39. The summed E-state index contributed by atoms with van der Waals surface area (Å²) in [6, 6.07) is 5.31. The fraction of sp³-hybridized carbons (Fsp3) is 0.529. The van der Waals surface area contributed by atoms with Gasteiger partial charge in [-0.1, -0.05) is 11.6 Å². The monoisotopic (exact) mass is 351 g/mol. The third-order valence-electron chi connectivity index (χ3n) is 4.69. The molecule has 130 valence electrons. The number of methoxy groups -OCH3 is 1. The first kappa shape index (κ1) is 17.0. The molecule has 3 rings (SSSR count). The Balaban J connectivity index is 1.78. The molecule has 2 fully saturated rings. The van der Waals surface area contributed by atoms with Crippen LogP contribution in [0.4, 0.5) is 5.69 Å². The quantitative estimate of drug-likeness (QED) is 0.897. The van der Waals surface area contributed by atoms with E-state index >= 15 is 0 Å². The summed E-state index contributed by atoms with van der Waals surface area (Å²) in [5, 5.41) is 3.80. The molecule has 2 amide bonds. The number of halogens is 1. The molecule has 2 atom stereocenters. The molecule has 0 saturated carbocycles. The highest BCUT2D eigenvalue weighted by atomic mass is 35.5. The van der Waals surface area contributed by atoms with Gasteiger partial charge in [-0.2, -0.15) is 0 Å². The summed E-state index contributed by atoms with van der Waals surface area (Å²) < 4.78 is 5.33. The number of anilines is 1. The summed E-state index contributed by atoms with van der Waals surface area (Å²) in [4.78, 5) is 28.8. The van der Waals surface area contributed by atoms with E-state index in [-0.39, 0.29) is 30.2 Å². The van der Waals surface area contributed by atoms with Gasteiger partial charge in [-0.25, -0.2) is 0 Å². The van der Waals surface area contributed by atoms with Gasteiger partial charge in [0.15, 0.2) is 0 Å². The highest BCUT2D eigenvalue weighted by Crippen LogP contribution is 2.35. The zero-order valence-electron chi connectivity index (χ0n) is 13.9. The van der Waals surface area contributed by atoms with Crippen LogP contribution in [0.2, 0.25) is 5.02 Å². The topological polar surface area (TPSA) is 61.9 Å². The number of piperazine rings is 1. The van der Waals surface area contributed by atoms with Gasteiger partial charge < -0.3 is 19.9 Å². The van der Waals surface area contributed by atoms with E-state index in [0.29, 0.717) is 29.5 Å². The number of nitrogens with zero attached hydrogens (tertiary/aromatic N) is 2. The van der Waals surface area contributed by atoms with E-state index < -0.39 is 0 Å². The number of hydrogen-bond donors (Lipinski definition) is 1. The Morgan fingerprint density at radius 1 is 1.42 bits per heavy atom. The molecule has 1 aromatic rings. The SMILES string of the molecule is COc1ccc(Cl)cc1N1CC(C(=O)N2CCNCC2C)CC1=O. The summed E-state index contributed by atoms with van der Waals surface area (Å²) in [6.07, 6.45) is 0.227. The first-order chi connectivity index (χ1) is 11.5. The van der Waals surface area contributed by atoms with Crippen molar-refractivity contribution in [2.75, 3.05) is 38.2 Å². The van der Waals surface area contributed by atoms with E-state index in [9.17, 15) is 9.59 Å². The molecule has 0 aliphatic carbocycles. The van der Waals surface area contributed by atoms with E-state index in [1.165, 1.54) is 0 Å². The maximum absolute atomic E-state index is 12.8. The van der Waals surface area contributed by atoms with Crippen LogP contribution in [0.1, 0.15) is 13.3 Å². The van der Waals surface area contributed by atoms with Crippen LogP contribution >= 0.6 is 11.6 Å². The second-order valence-corrected chi connectivity index (χ2v) is 6.74. The lowest BCUT2D eigenvalue weighted by Crippen LogP contribution is -2.54. The fourth-order valence-corrected chi connectivity index (χ4v) is 3.55. The Morgan fingerprint density at radius 2 is 2.21 bits per heavy atom. The Hall–Kier alpha value is -1.79. The van der Waals surface area contributed by atoms with Crippen molar-refractivity contribution in [3.05, 3.63) is 23.2 Å².